The molecule has 21 heavy (non-hydrogen) atoms. The zero-order valence-electron chi connectivity index (χ0n) is 13.2. The second kappa shape index (κ2) is 7.62. The molecule has 1 amide bonds. The lowest BCUT2D eigenvalue weighted by molar-refractivity contribution is -0.133. The third-order valence-corrected chi connectivity index (χ3v) is 3.12. The van der Waals surface area contributed by atoms with Crippen molar-refractivity contribution < 1.29 is 14.3 Å². The average Bonchev–Trinajstić information content (AvgIpc) is 2.41. The lowest BCUT2D eigenvalue weighted by Crippen LogP contribution is -2.35. The average molecular weight is 289 g/mol. The van der Waals surface area contributed by atoms with Crippen LogP contribution in [0.3, 0.4) is 0 Å². The third kappa shape index (κ3) is 5.06. The van der Waals surface area contributed by atoms with E-state index >= 15 is 0 Å². The molecule has 0 aliphatic carbocycles. The molecule has 0 fully saturated rings. The van der Waals surface area contributed by atoms with Crippen molar-refractivity contribution in [3.05, 3.63) is 47.0 Å². The van der Waals surface area contributed by atoms with Crippen LogP contribution in [0, 0.1) is 13.8 Å². The normalized spacial score (nSPS) is 10.1. The minimum atomic E-state index is -0.466. The summed E-state index contributed by atoms with van der Waals surface area (Å²) in [7, 11) is 0. The Balaban J connectivity index is 2.63. The van der Waals surface area contributed by atoms with Crippen LogP contribution < -0.4 is 0 Å². The van der Waals surface area contributed by atoms with Crippen LogP contribution >= 0.6 is 0 Å². The molecule has 0 bridgehead atoms. The Bertz CT molecular complexity index is 549. The zero-order chi connectivity index (χ0) is 16.0. The van der Waals surface area contributed by atoms with E-state index in [0.29, 0.717) is 18.7 Å². The van der Waals surface area contributed by atoms with E-state index in [1.165, 1.54) is 0 Å². The highest BCUT2D eigenvalue weighted by atomic mass is 16.5. The molecule has 114 valence electrons. The Kier molecular flexibility index (Phi) is 6.15. The zero-order valence-corrected chi connectivity index (χ0v) is 13.2. The number of hydrogen-bond donors (Lipinski definition) is 0. The van der Waals surface area contributed by atoms with Crippen molar-refractivity contribution in [1.29, 1.82) is 0 Å². The van der Waals surface area contributed by atoms with Gasteiger partial charge in [0.25, 0.3) is 5.91 Å². The van der Waals surface area contributed by atoms with Crippen molar-refractivity contribution in [2.45, 2.75) is 27.7 Å². The summed E-state index contributed by atoms with van der Waals surface area (Å²) in [5, 5.41) is 0. The van der Waals surface area contributed by atoms with E-state index in [4.69, 9.17) is 4.74 Å². The quantitative estimate of drug-likeness (QED) is 0.597. The number of ether oxygens (including phenoxy) is 1. The summed E-state index contributed by atoms with van der Waals surface area (Å²) < 4.78 is 5.12. The number of carbonyl (C=O) groups excluding carboxylic acids is 2. The SMILES string of the molecule is C=C(C)CN(CC)C(=O)COC(=O)c1ccc(C)cc1C. The van der Waals surface area contributed by atoms with Crippen LogP contribution in [-0.4, -0.2) is 36.5 Å². The smallest absolute Gasteiger partial charge is 0.338 e. The van der Waals surface area contributed by atoms with Crippen LogP contribution in [0.1, 0.15) is 35.3 Å². The van der Waals surface area contributed by atoms with E-state index in [9.17, 15) is 9.59 Å². The molecular weight excluding hydrogens is 266 g/mol. The fourth-order valence-corrected chi connectivity index (χ4v) is 2.04. The van der Waals surface area contributed by atoms with Gasteiger partial charge in [0.15, 0.2) is 6.61 Å². The fraction of sp³-hybridized carbons (Fsp3) is 0.412. The first-order chi connectivity index (χ1) is 9.85. The predicted octanol–water partition coefficient (Wildman–Crippen LogP) is 2.88. The van der Waals surface area contributed by atoms with Gasteiger partial charge in [0, 0.05) is 13.1 Å². The standard InChI is InChI=1S/C17H23NO3/c1-6-18(10-12(2)3)16(19)11-21-17(20)15-8-7-13(4)9-14(15)5/h7-9H,2,6,10-11H2,1,3-5H3. The van der Waals surface area contributed by atoms with Gasteiger partial charge in [-0.1, -0.05) is 29.8 Å². The molecule has 4 heteroatoms. The number of esters is 1. The van der Waals surface area contributed by atoms with Gasteiger partial charge < -0.3 is 9.64 Å². The van der Waals surface area contributed by atoms with Crippen LogP contribution in [0.5, 0.6) is 0 Å². The number of amides is 1. The predicted molar refractivity (Wildman–Crippen MR) is 83.3 cm³/mol. The number of aryl methyl sites for hydroxylation is 2. The number of benzene rings is 1. The molecule has 0 saturated carbocycles. The van der Waals surface area contributed by atoms with Crippen molar-refractivity contribution in [1.82, 2.24) is 4.90 Å². The molecule has 0 aliphatic rings. The Morgan fingerprint density at radius 1 is 1.29 bits per heavy atom. The second-order valence-corrected chi connectivity index (χ2v) is 5.26. The molecule has 0 atom stereocenters. The summed E-state index contributed by atoms with van der Waals surface area (Å²) in [6.45, 7) is 12.1. The van der Waals surface area contributed by atoms with Crippen molar-refractivity contribution in [3.63, 3.8) is 0 Å². The van der Waals surface area contributed by atoms with Gasteiger partial charge >= 0.3 is 5.97 Å². The number of rotatable bonds is 6. The van der Waals surface area contributed by atoms with E-state index in [0.717, 1.165) is 16.7 Å². The molecule has 0 aliphatic heterocycles. The largest absolute Gasteiger partial charge is 0.452 e. The van der Waals surface area contributed by atoms with Gasteiger partial charge in [0.1, 0.15) is 0 Å². The molecule has 0 aromatic heterocycles. The lowest BCUT2D eigenvalue weighted by atomic mass is 10.1. The molecule has 4 nitrogen and oxygen atoms in total. The monoisotopic (exact) mass is 289 g/mol. The van der Waals surface area contributed by atoms with Gasteiger partial charge in [-0.05, 0) is 39.3 Å². The summed E-state index contributed by atoms with van der Waals surface area (Å²) in [6.07, 6.45) is 0. The van der Waals surface area contributed by atoms with Crippen LogP contribution in [0.25, 0.3) is 0 Å². The summed E-state index contributed by atoms with van der Waals surface area (Å²) in [5.74, 6) is -0.675. The van der Waals surface area contributed by atoms with Crippen molar-refractivity contribution in [2.75, 3.05) is 19.7 Å². The van der Waals surface area contributed by atoms with E-state index in [1.54, 1.807) is 11.0 Å². The first-order valence-corrected chi connectivity index (χ1v) is 7.01. The minimum Gasteiger partial charge on any atom is -0.452 e. The van der Waals surface area contributed by atoms with Crippen molar-refractivity contribution in [3.8, 4) is 0 Å². The van der Waals surface area contributed by atoms with E-state index in [-0.39, 0.29) is 12.5 Å². The maximum absolute atomic E-state index is 12.0. The molecule has 0 N–H and O–H groups in total. The third-order valence-electron chi connectivity index (χ3n) is 3.12. The van der Waals surface area contributed by atoms with Gasteiger partial charge in [0.2, 0.25) is 0 Å². The molecule has 1 aromatic rings. The van der Waals surface area contributed by atoms with Gasteiger partial charge in [-0.15, -0.1) is 0 Å². The fourth-order valence-electron chi connectivity index (χ4n) is 2.04. The summed E-state index contributed by atoms with van der Waals surface area (Å²) >= 11 is 0. The Morgan fingerprint density at radius 2 is 1.95 bits per heavy atom. The first kappa shape index (κ1) is 17.0. The topological polar surface area (TPSA) is 46.6 Å². The van der Waals surface area contributed by atoms with E-state index in [1.807, 2.05) is 39.8 Å². The molecule has 0 spiro atoms. The Labute approximate surface area is 126 Å². The molecule has 0 saturated heterocycles. The maximum Gasteiger partial charge on any atom is 0.338 e. The molecule has 1 rings (SSSR count). The number of carbonyl (C=O) groups is 2. The lowest BCUT2D eigenvalue weighted by Gasteiger charge is -2.20. The molecule has 1 aromatic carbocycles. The van der Waals surface area contributed by atoms with Crippen LogP contribution in [0.2, 0.25) is 0 Å². The maximum atomic E-state index is 12.0. The Hall–Kier alpha value is -2.10. The summed E-state index contributed by atoms with van der Waals surface area (Å²) in [5.41, 5.74) is 3.32. The number of likely N-dealkylation sites (N-methyl/N-ethyl adjacent to an activating group) is 1. The van der Waals surface area contributed by atoms with Gasteiger partial charge in [-0.25, -0.2) is 4.79 Å². The summed E-state index contributed by atoms with van der Waals surface area (Å²) in [6, 6.07) is 5.49. The molecule has 0 radical (unpaired) electrons. The Morgan fingerprint density at radius 3 is 2.48 bits per heavy atom. The molecular formula is C17H23NO3. The highest BCUT2D eigenvalue weighted by Gasteiger charge is 2.16. The number of nitrogens with zero attached hydrogens (tertiary/aromatic N) is 1. The van der Waals surface area contributed by atoms with Crippen molar-refractivity contribution >= 4 is 11.9 Å². The molecule has 0 unspecified atom stereocenters. The van der Waals surface area contributed by atoms with Crippen LogP contribution in [0.4, 0.5) is 0 Å². The second-order valence-electron chi connectivity index (χ2n) is 5.26. The van der Waals surface area contributed by atoms with Crippen LogP contribution in [0.15, 0.2) is 30.4 Å². The number of hydrogen-bond acceptors (Lipinski definition) is 3. The van der Waals surface area contributed by atoms with Crippen LogP contribution in [-0.2, 0) is 9.53 Å². The minimum absolute atomic E-state index is 0.210. The first-order valence-electron chi connectivity index (χ1n) is 7.01. The van der Waals surface area contributed by atoms with E-state index < -0.39 is 5.97 Å². The van der Waals surface area contributed by atoms with Gasteiger partial charge in [-0.3, -0.25) is 4.79 Å². The summed E-state index contributed by atoms with van der Waals surface area (Å²) in [4.78, 5) is 25.6. The van der Waals surface area contributed by atoms with Gasteiger partial charge in [-0.2, -0.15) is 0 Å². The van der Waals surface area contributed by atoms with Gasteiger partial charge in [0.05, 0.1) is 5.56 Å². The highest BCUT2D eigenvalue weighted by molar-refractivity contribution is 5.92. The highest BCUT2D eigenvalue weighted by Crippen LogP contribution is 2.12. The van der Waals surface area contributed by atoms with Crippen molar-refractivity contribution in [2.24, 2.45) is 0 Å². The van der Waals surface area contributed by atoms with E-state index in [2.05, 4.69) is 6.58 Å². The molecule has 0 heterocycles.